The van der Waals surface area contributed by atoms with Crippen LogP contribution in [-0.2, 0) is 14.6 Å². The molecule has 60 valence electrons. The maximum atomic E-state index is 10.5. The molecule has 1 N–H and O–H groups in total. The van der Waals surface area contributed by atoms with Gasteiger partial charge in [0.1, 0.15) is 9.84 Å². The normalized spacial score (nSPS) is 14.6. The van der Waals surface area contributed by atoms with Gasteiger partial charge in [-0.2, -0.15) is 0 Å². The van der Waals surface area contributed by atoms with Gasteiger partial charge in [-0.25, -0.2) is 8.42 Å². The summed E-state index contributed by atoms with van der Waals surface area (Å²) >= 11 is 0. The van der Waals surface area contributed by atoms with Crippen molar-refractivity contribution in [3.63, 3.8) is 0 Å². The number of carboxylic acid groups (broad SMARTS) is 1. The van der Waals surface area contributed by atoms with E-state index < -0.39 is 21.7 Å². The van der Waals surface area contributed by atoms with Gasteiger partial charge in [0, 0.05) is 6.26 Å². The summed E-state index contributed by atoms with van der Waals surface area (Å²) in [6, 6.07) is 0. The van der Waals surface area contributed by atoms with Crippen LogP contribution in [0.4, 0.5) is 0 Å². The largest absolute Gasteiger partial charge is 0.481 e. The second kappa shape index (κ2) is 3.01. The molecule has 0 rings (SSSR count). The monoisotopic (exact) mass is 166 g/mol. The number of carboxylic acids is 1. The lowest BCUT2D eigenvalue weighted by Crippen LogP contribution is -2.19. The van der Waals surface area contributed by atoms with Crippen LogP contribution in [0.15, 0.2) is 0 Å². The molecule has 0 aliphatic rings. The molecule has 0 bridgehead atoms. The van der Waals surface area contributed by atoms with Crippen molar-refractivity contribution in [1.29, 1.82) is 0 Å². The lowest BCUT2D eigenvalue weighted by atomic mass is 10.2. The first-order valence-corrected chi connectivity index (χ1v) is 4.79. The zero-order valence-electron chi connectivity index (χ0n) is 5.86. The van der Waals surface area contributed by atoms with Crippen molar-refractivity contribution in [2.24, 2.45) is 5.92 Å². The number of hydrogen-bond acceptors (Lipinski definition) is 3. The third-order valence-corrected chi connectivity index (χ3v) is 2.08. The Bertz CT molecular complexity index is 216. The summed E-state index contributed by atoms with van der Waals surface area (Å²) in [7, 11) is -3.15. The van der Waals surface area contributed by atoms with Crippen molar-refractivity contribution in [3.05, 3.63) is 0 Å². The highest BCUT2D eigenvalue weighted by Gasteiger charge is 2.16. The van der Waals surface area contributed by atoms with Crippen LogP contribution in [0.25, 0.3) is 0 Å². The van der Waals surface area contributed by atoms with Crippen LogP contribution < -0.4 is 0 Å². The Hall–Kier alpha value is -0.580. The number of rotatable bonds is 3. The highest BCUT2D eigenvalue weighted by molar-refractivity contribution is 7.90. The Kier molecular flexibility index (Phi) is 2.83. The van der Waals surface area contributed by atoms with Crippen molar-refractivity contribution in [2.45, 2.75) is 6.92 Å². The van der Waals surface area contributed by atoms with Gasteiger partial charge < -0.3 is 5.11 Å². The molecule has 5 heteroatoms. The predicted octanol–water partition coefficient (Wildman–Crippen LogP) is -0.248. The third-order valence-electron chi connectivity index (χ3n) is 0.974. The molecule has 0 aliphatic carbocycles. The standard InChI is InChI=1S/C5H10O4S/c1-4(5(6)7)3-10(2,8)9/h4H,3H2,1-2H3,(H,6,7). The van der Waals surface area contributed by atoms with E-state index in [9.17, 15) is 13.2 Å². The van der Waals surface area contributed by atoms with E-state index in [0.717, 1.165) is 6.26 Å². The first kappa shape index (κ1) is 9.42. The molecule has 0 aromatic heterocycles. The predicted molar refractivity (Wildman–Crippen MR) is 36.5 cm³/mol. The van der Waals surface area contributed by atoms with Crippen molar-refractivity contribution in [3.8, 4) is 0 Å². The Morgan fingerprint density at radius 2 is 2.00 bits per heavy atom. The van der Waals surface area contributed by atoms with Crippen molar-refractivity contribution < 1.29 is 18.3 Å². The van der Waals surface area contributed by atoms with Gasteiger partial charge in [0.15, 0.2) is 0 Å². The highest BCUT2D eigenvalue weighted by atomic mass is 32.2. The minimum absolute atomic E-state index is 0.289. The highest BCUT2D eigenvalue weighted by Crippen LogP contribution is 1.98. The van der Waals surface area contributed by atoms with Gasteiger partial charge in [-0.15, -0.1) is 0 Å². The fourth-order valence-corrected chi connectivity index (χ4v) is 1.58. The molecule has 4 nitrogen and oxygen atoms in total. The summed E-state index contributed by atoms with van der Waals surface area (Å²) in [6.07, 6.45) is 1.02. The van der Waals surface area contributed by atoms with Gasteiger partial charge >= 0.3 is 5.97 Å². The minimum atomic E-state index is -3.15. The minimum Gasteiger partial charge on any atom is -0.481 e. The zero-order chi connectivity index (χ0) is 8.36. The second-order valence-electron chi connectivity index (χ2n) is 2.33. The molecule has 0 aliphatic heterocycles. The second-order valence-corrected chi connectivity index (χ2v) is 4.52. The van der Waals surface area contributed by atoms with Crippen molar-refractivity contribution >= 4 is 15.8 Å². The maximum Gasteiger partial charge on any atom is 0.307 e. The molecule has 0 fully saturated rings. The molecule has 0 saturated heterocycles. The average Bonchev–Trinajstić information content (AvgIpc) is 1.60. The molecular formula is C5H10O4S. The Morgan fingerprint density at radius 1 is 1.60 bits per heavy atom. The maximum absolute atomic E-state index is 10.5. The van der Waals surface area contributed by atoms with Crippen LogP contribution >= 0.6 is 0 Å². The van der Waals surface area contributed by atoms with E-state index in [1.54, 1.807) is 0 Å². The summed E-state index contributed by atoms with van der Waals surface area (Å²) in [5.41, 5.74) is 0. The number of aliphatic carboxylic acids is 1. The van der Waals surface area contributed by atoms with E-state index >= 15 is 0 Å². The Balaban J connectivity index is 4.06. The van der Waals surface area contributed by atoms with Crippen LogP contribution in [0.5, 0.6) is 0 Å². The van der Waals surface area contributed by atoms with Gasteiger partial charge in [0.2, 0.25) is 0 Å². The summed E-state index contributed by atoms with van der Waals surface area (Å²) in [6.45, 7) is 1.36. The van der Waals surface area contributed by atoms with Crippen LogP contribution in [0.3, 0.4) is 0 Å². The van der Waals surface area contributed by atoms with Crippen LogP contribution in [-0.4, -0.2) is 31.5 Å². The van der Waals surface area contributed by atoms with E-state index in [2.05, 4.69) is 0 Å². The quantitative estimate of drug-likeness (QED) is 0.627. The van der Waals surface area contributed by atoms with E-state index in [1.165, 1.54) is 6.92 Å². The fourth-order valence-electron chi connectivity index (χ4n) is 0.525. The van der Waals surface area contributed by atoms with Crippen LogP contribution in [0, 0.1) is 5.92 Å². The molecular weight excluding hydrogens is 156 g/mol. The van der Waals surface area contributed by atoms with Gasteiger partial charge in [0.25, 0.3) is 0 Å². The van der Waals surface area contributed by atoms with E-state index in [1.807, 2.05) is 0 Å². The van der Waals surface area contributed by atoms with Crippen LogP contribution in [0.2, 0.25) is 0 Å². The van der Waals surface area contributed by atoms with Crippen molar-refractivity contribution in [2.75, 3.05) is 12.0 Å². The van der Waals surface area contributed by atoms with Crippen molar-refractivity contribution in [1.82, 2.24) is 0 Å². The Morgan fingerprint density at radius 3 is 2.10 bits per heavy atom. The van der Waals surface area contributed by atoms with Gasteiger partial charge in [-0.3, -0.25) is 4.79 Å². The molecule has 0 aromatic carbocycles. The smallest absolute Gasteiger partial charge is 0.307 e. The third kappa shape index (κ3) is 4.31. The first-order chi connectivity index (χ1) is 4.33. The first-order valence-electron chi connectivity index (χ1n) is 2.73. The van der Waals surface area contributed by atoms with E-state index in [0.29, 0.717) is 0 Å². The summed E-state index contributed by atoms with van der Waals surface area (Å²) < 4.78 is 21.0. The van der Waals surface area contributed by atoms with Gasteiger partial charge in [-0.1, -0.05) is 6.92 Å². The molecule has 0 spiro atoms. The topological polar surface area (TPSA) is 71.4 Å². The fraction of sp³-hybridized carbons (Fsp3) is 0.800. The lowest BCUT2D eigenvalue weighted by molar-refractivity contribution is -0.140. The molecule has 1 atom stereocenters. The van der Waals surface area contributed by atoms with Gasteiger partial charge in [0.05, 0.1) is 11.7 Å². The molecule has 0 saturated carbocycles. The zero-order valence-corrected chi connectivity index (χ0v) is 6.68. The SMILES string of the molecule is CC(CS(C)(=O)=O)C(=O)O. The number of sulfone groups is 1. The summed E-state index contributed by atoms with van der Waals surface area (Å²) in [4.78, 5) is 10.1. The summed E-state index contributed by atoms with van der Waals surface area (Å²) in [5, 5.41) is 8.28. The number of hydrogen-bond donors (Lipinski definition) is 1. The molecule has 0 amide bonds. The van der Waals surface area contributed by atoms with Crippen LogP contribution in [0.1, 0.15) is 6.92 Å². The molecule has 0 aromatic rings. The number of carbonyl (C=O) groups is 1. The van der Waals surface area contributed by atoms with E-state index in [4.69, 9.17) is 5.11 Å². The average molecular weight is 166 g/mol. The molecule has 1 unspecified atom stereocenters. The van der Waals surface area contributed by atoms with Gasteiger partial charge in [-0.05, 0) is 0 Å². The lowest BCUT2D eigenvalue weighted by Gasteiger charge is -2.01. The molecule has 0 heterocycles. The Labute approximate surface area is 59.8 Å². The molecule has 0 radical (unpaired) electrons. The summed E-state index contributed by atoms with van der Waals surface area (Å²) in [5.74, 6) is -2.18. The van der Waals surface area contributed by atoms with E-state index in [-0.39, 0.29) is 5.75 Å². The molecule has 10 heavy (non-hydrogen) atoms.